The molecule has 2 aromatic carbocycles. The molecule has 0 atom stereocenters. The smallest absolute Gasteiger partial charge is 0.260 e. The number of anilines is 1. The normalized spacial score (nSPS) is 13.4. The van der Waals surface area contributed by atoms with Gasteiger partial charge in [-0.15, -0.1) is 10.2 Å². The molecule has 1 aromatic heterocycles. The summed E-state index contributed by atoms with van der Waals surface area (Å²) in [6.07, 6.45) is 0. The maximum absolute atomic E-state index is 12.5. The highest BCUT2D eigenvalue weighted by Gasteiger charge is 2.22. The topological polar surface area (TPSA) is 91.6 Å². The second-order valence-corrected chi connectivity index (χ2v) is 7.27. The van der Waals surface area contributed by atoms with Crippen LogP contribution in [0.4, 0.5) is 5.82 Å². The van der Waals surface area contributed by atoms with Crippen LogP contribution in [0.15, 0.2) is 60.7 Å². The predicted molar refractivity (Wildman–Crippen MR) is 119 cm³/mol. The highest BCUT2D eigenvalue weighted by Crippen LogP contribution is 2.23. The Morgan fingerprint density at radius 2 is 1.84 bits per heavy atom. The number of aromatic nitrogens is 2. The number of hydrogen-bond acceptors (Lipinski definition) is 7. The second-order valence-electron chi connectivity index (χ2n) is 7.27. The third-order valence-corrected chi connectivity index (χ3v) is 5.33. The van der Waals surface area contributed by atoms with E-state index in [0.717, 1.165) is 22.8 Å². The molecular weight excluding hydrogens is 406 g/mol. The third-order valence-electron chi connectivity index (χ3n) is 5.33. The molecule has 2 heterocycles. The van der Waals surface area contributed by atoms with Gasteiger partial charge >= 0.3 is 0 Å². The van der Waals surface area contributed by atoms with E-state index in [1.54, 1.807) is 36.3 Å². The number of nitriles is 1. The molecule has 0 unspecified atom stereocenters. The first kappa shape index (κ1) is 21.1. The Bertz CT molecular complexity index is 1120. The van der Waals surface area contributed by atoms with Crippen molar-refractivity contribution >= 4 is 11.7 Å². The van der Waals surface area contributed by atoms with Crippen molar-refractivity contribution in [3.05, 3.63) is 66.2 Å². The van der Waals surface area contributed by atoms with Crippen molar-refractivity contribution in [2.24, 2.45) is 0 Å². The van der Waals surface area contributed by atoms with Gasteiger partial charge in [-0.2, -0.15) is 5.26 Å². The Morgan fingerprint density at radius 3 is 2.56 bits per heavy atom. The monoisotopic (exact) mass is 429 g/mol. The van der Waals surface area contributed by atoms with Gasteiger partial charge in [0.15, 0.2) is 12.4 Å². The maximum Gasteiger partial charge on any atom is 0.260 e. The number of rotatable bonds is 6. The zero-order valence-corrected chi connectivity index (χ0v) is 17.8. The van der Waals surface area contributed by atoms with Crippen LogP contribution in [0.3, 0.4) is 0 Å². The number of carbonyl (C=O) groups excluding carboxylic acids is 1. The number of para-hydroxylation sites is 1. The highest BCUT2D eigenvalue weighted by atomic mass is 16.5. The number of carbonyl (C=O) groups is 1. The van der Waals surface area contributed by atoms with Gasteiger partial charge in [-0.25, -0.2) is 0 Å². The molecule has 162 valence electrons. The molecule has 0 bridgehead atoms. The fourth-order valence-corrected chi connectivity index (χ4v) is 3.53. The first-order valence-electron chi connectivity index (χ1n) is 10.3. The van der Waals surface area contributed by atoms with E-state index in [2.05, 4.69) is 21.2 Å². The van der Waals surface area contributed by atoms with E-state index in [9.17, 15) is 4.79 Å². The van der Waals surface area contributed by atoms with Gasteiger partial charge in [-0.1, -0.05) is 24.3 Å². The summed E-state index contributed by atoms with van der Waals surface area (Å²) in [5.74, 6) is 1.88. The lowest BCUT2D eigenvalue weighted by Gasteiger charge is -2.35. The summed E-state index contributed by atoms with van der Waals surface area (Å²) >= 11 is 0. The number of nitrogens with zero attached hydrogens (tertiary/aromatic N) is 5. The van der Waals surface area contributed by atoms with Gasteiger partial charge in [0.25, 0.3) is 5.91 Å². The zero-order valence-electron chi connectivity index (χ0n) is 17.8. The lowest BCUT2D eigenvalue weighted by atomic mass is 10.1. The van der Waals surface area contributed by atoms with Crippen LogP contribution in [-0.4, -0.2) is 60.9 Å². The molecule has 0 saturated carbocycles. The molecule has 1 fully saturated rings. The van der Waals surface area contributed by atoms with Crippen LogP contribution in [0.5, 0.6) is 11.5 Å². The fraction of sp³-hybridized carbons (Fsp3) is 0.250. The van der Waals surface area contributed by atoms with Crippen molar-refractivity contribution in [3.8, 4) is 28.8 Å². The first-order valence-corrected chi connectivity index (χ1v) is 10.3. The Labute approximate surface area is 186 Å². The molecule has 4 rings (SSSR count). The van der Waals surface area contributed by atoms with Gasteiger partial charge in [0, 0.05) is 31.7 Å². The van der Waals surface area contributed by atoms with Crippen LogP contribution < -0.4 is 14.4 Å². The lowest BCUT2D eigenvalue weighted by Crippen LogP contribution is -2.50. The largest absolute Gasteiger partial charge is 0.497 e. The second kappa shape index (κ2) is 9.79. The van der Waals surface area contributed by atoms with Crippen molar-refractivity contribution < 1.29 is 14.3 Å². The Kier molecular flexibility index (Phi) is 6.46. The van der Waals surface area contributed by atoms with E-state index in [1.165, 1.54) is 0 Å². The van der Waals surface area contributed by atoms with Gasteiger partial charge in [-0.05, 0) is 36.4 Å². The van der Waals surface area contributed by atoms with E-state index in [0.29, 0.717) is 37.5 Å². The molecule has 0 radical (unpaired) electrons. The Balaban J connectivity index is 1.31. The van der Waals surface area contributed by atoms with Crippen molar-refractivity contribution in [1.82, 2.24) is 15.1 Å². The zero-order chi connectivity index (χ0) is 22.3. The molecule has 8 heteroatoms. The molecule has 0 aliphatic carbocycles. The minimum Gasteiger partial charge on any atom is -0.497 e. The summed E-state index contributed by atoms with van der Waals surface area (Å²) < 4.78 is 10.8. The molecular formula is C24H23N5O3. The van der Waals surface area contributed by atoms with Crippen molar-refractivity contribution in [3.63, 3.8) is 0 Å². The number of benzene rings is 2. The third kappa shape index (κ3) is 4.78. The summed E-state index contributed by atoms with van der Waals surface area (Å²) in [6, 6.07) is 20.5. The van der Waals surface area contributed by atoms with Crippen LogP contribution in [0, 0.1) is 11.3 Å². The number of piperazine rings is 1. The van der Waals surface area contributed by atoms with Crippen LogP contribution in [0.25, 0.3) is 11.3 Å². The van der Waals surface area contributed by atoms with Crippen LogP contribution >= 0.6 is 0 Å². The van der Waals surface area contributed by atoms with E-state index in [-0.39, 0.29) is 12.5 Å². The van der Waals surface area contributed by atoms with E-state index < -0.39 is 0 Å². The minimum atomic E-state index is -0.100. The van der Waals surface area contributed by atoms with Crippen molar-refractivity contribution in [2.75, 3.05) is 44.8 Å². The average molecular weight is 429 g/mol. The van der Waals surface area contributed by atoms with Crippen LogP contribution in [0.1, 0.15) is 5.56 Å². The van der Waals surface area contributed by atoms with Gasteiger partial charge < -0.3 is 19.3 Å². The summed E-state index contributed by atoms with van der Waals surface area (Å²) in [5, 5.41) is 17.9. The first-order chi connectivity index (χ1) is 15.7. The van der Waals surface area contributed by atoms with Crippen molar-refractivity contribution in [2.45, 2.75) is 0 Å². The van der Waals surface area contributed by atoms with Gasteiger partial charge in [0.2, 0.25) is 0 Å². The Morgan fingerprint density at radius 1 is 1.03 bits per heavy atom. The lowest BCUT2D eigenvalue weighted by molar-refractivity contribution is -0.133. The van der Waals surface area contributed by atoms with E-state index in [1.807, 2.05) is 36.4 Å². The van der Waals surface area contributed by atoms with Gasteiger partial charge in [0.05, 0.1) is 18.4 Å². The highest BCUT2D eigenvalue weighted by molar-refractivity contribution is 5.78. The molecule has 0 spiro atoms. The molecule has 1 aliphatic heterocycles. The molecule has 0 N–H and O–H groups in total. The Hall–Kier alpha value is -4.12. The number of methoxy groups -OCH3 is 1. The molecule has 8 nitrogen and oxygen atoms in total. The van der Waals surface area contributed by atoms with Gasteiger partial charge in [-0.3, -0.25) is 4.79 Å². The summed E-state index contributed by atoms with van der Waals surface area (Å²) in [6.45, 7) is 2.37. The average Bonchev–Trinajstić information content (AvgIpc) is 2.87. The SMILES string of the molecule is COc1cccc(-c2ccc(N3CCN(C(=O)COc4ccccc4C#N)CC3)nn2)c1. The molecule has 1 amide bonds. The molecule has 1 saturated heterocycles. The van der Waals surface area contributed by atoms with E-state index >= 15 is 0 Å². The number of hydrogen-bond donors (Lipinski definition) is 0. The summed E-state index contributed by atoms with van der Waals surface area (Å²) in [4.78, 5) is 16.4. The molecule has 1 aliphatic rings. The maximum atomic E-state index is 12.5. The standard InChI is InChI=1S/C24H23N5O3/c1-31-20-7-4-6-18(15-20)21-9-10-23(27-26-21)28-11-13-29(14-12-28)24(30)17-32-22-8-3-2-5-19(22)16-25/h2-10,15H,11-14,17H2,1H3. The van der Waals surface area contributed by atoms with Crippen LogP contribution in [-0.2, 0) is 4.79 Å². The van der Waals surface area contributed by atoms with Gasteiger partial charge in [0.1, 0.15) is 17.6 Å². The summed E-state index contributed by atoms with van der Waals surface area (Å²) in [7, 11) is 1.63. The summed E-state index contributed by atoms with van der Waals surface area (Å²) in [5.41, 5.74) is 2.13. The quantitative estimate of drug-likeness (QED) is 0.595. The van der Waals surface area contributed by atoms with Crippen molar-refractivity contribution in [1.29, 1.82) is 5.26 Å². The molecule has 32 heavy (non-hydrogen) atoms. The number of amides is 1. The van der Waals surface area contributed by atoms with E-state index in [4.69, 9.17) is 14.7 Å². The number of ether oxygens (including phenoxy) is 2. The predicted octanol–water partition coefficient (Wildman–Crippen LogP) is 2.75. The minimum absolute atomic E-state index is 0.0895. The van der Waals surface area contributed by atoms with Crippen LogP contribution in [0.2, 0.25) is 0 Å². The fourth-order valence-electron chi connectivity index (χ4n) is 3.53. The molecule has 3 aromatic rings.